The Hall–Kier alpha value is -1.09. The molecule has 0 radical (unpaired) electrons. The second-order valence-corrected chi connectivity index (χ2v) is 6.72. The average molecular weight is 321 g/mol. The lowest BCUT2D eigenvalue weighted by atomic mass is 10.0. The first-order valence-corrected chi connectivity index (χ1v) is 8.08. The van der Waals surface area contributed by atoms with Gasteiger partial charge in [-0.25, -0.2) is 21.9 Å². The Balaban J connectivity index is 2.16. The van der Waals surface area contributed by atoms with Crippen molar-refractivity contribution in [1.82, 2.24) is 4.72 Å². The predicted octanol–water partition coefficient (Wildman–Crippen LogP) is 1.16. The van der Waals surface area contributed by atoms with Crippen molar-refractivity contribution < 1.29 is 27.0 Å². The number of benzene rings is 1. The van der Waals surface area contributed by atoms with Crippen LogP contribution in [-0.4, -0.2) is 33.3 Å². The van der Waals surface area contributed by atoms with Crippen molar-refractivity contribution in [3.05, 3.63) is 29.3 Å². The van der Waals surface area contributed by atoms with Crippen molar-refractivity contribution >= 4 is 10.0 Å². The van der Waals surface area contributed by atoms with Crippen LogP contribution in [0.3, 0.4) is 0 Å². The standard InChI is InChI=1S/C13H17F2NO4S/c14-11-4-10(7-17)5-12(13(11)15)21(18,19)16-6-9-2-1-3-20-8-9/h4-5,9,16-17H,1-3,6-8H2. The third kappa shape index (κ3) is 3.97. The first kappa shape index (κ1) is 16.3. The predicted molar refractivity (Wildman–Crippen MR) is 71.0 cm³/mol. The van der Waals surface area contributed by atoms with Gasteiger partial charge in [0.15, 0.2) is 11.6 Å². The van der Waals surface area contributed by atoms with Crippen LogP contribution in [0.4, 0.5) is 8.78 Å². The molecule has 1 heterocycles. The molecule has 0 amide bonds. The lowest BCUT2D eigenvalue weighted by molar-refractivity contribution is 0.0568. The van der Waals surface area contributed by atoms with Crippen LogP contribution >= 0.6 is 0 Å². The Morgan fingerprint density at radius 2 is 2.14 bits per heavy atom. The van der Waals surface area contributed by atoms with Gasteiger partial charge in [-0.05, 0) is 36.5 Å². The molecule has 0 aliphatic carbocycles. The topological polar surface area (TPSA) is 75.6 Å². The summed E-state index contributed by atoms with van der Waals surface area (Å²) in [6.07, 6.45) is 1.66. The average Bonchev–Trinajstić information content (AvgIpc) is 2.48. The van der Waals surface area contributed by atoms with Gasteiger partial charge in [-0.15, -0.1) is 0 Å². The van der Waals surface area contributed by atoms with Gasteiger partial charge < -0.3 is 9.84 Å². The number of aliphatic hydroxyl groups excluding tert-OH is 1. The van der Waals surface area contributed by atoms with Gasteiger partial charge in [0, 0.05) is 13.2 Å². The van der Waals surface area contributed by atoms with Gasteiger partial charge in [-0.1, -0.05) is 0 Å². The highest BCUT2D eigenvalue weighted by Gasteiger charge is 2.24. The van der Waals surface area contributed by atoms with Gasteiger partial charge in [-0.3, -0.25) is 0 Å². The highest BCUT2D eigenvalue weighted by Crippen LogP contribution is 2.21. The van der Waals surface area contributed by atoms with Crippen LogP contribution in [-0.2, 0) is 21.4 Å². The Kier molecular flexibility index (Phi) is 5.26. The van der Waals surface area contributed by atoms with Crippen LogP contribution in [0.5, 0.6) is 0 Å². The Bertz CT molecular complexity index is 600. The van der Waals surface area contributed by atoms with Crippen molar-refractivity contribution in [2.75, 3.05) is 19.8 Å². The fraction of sp³-hybridized carbons (Fsp3) is 0.538. The van der Waals surface area contributed by atoms with E-state index in [4.69, 9.17) is 9.84 Å². The lowest BCUT2D eigenvalue weighted by Crippen LogP contribution is -2.33. The van der Waals surface area contributed by atoms with Gasteiger partial charge in [0.05, 0.1) is 13.2 Å². The van der Waals surface area contributed by atoms with Crippen LogP contribution in [0.2, 0.25) is 0 Å². The van der Waals surface area contributed by atoms with Crippen molar-refractivity contribution in [1.29, 1.82) is 0 Å². The van der Waals surface area contributed by atoms with Crippen LogP contribution in [0.1, 0.15) is 18.4 Å². The molecular weight excluding hydrogens is 304 g/mol. The maximum Gasteiger partial charge on any atom is 0.243 e. The van der Waals surface area contributed by atoms with E-state index < -0.39 is 33.2 Å². The third-order valence-electron chi connectivity index (χ3n) is 3.34. The molecule has 1 unspecified atom stereocenters. The summed E-state index contributed by atoms with van der Waals surface area (Å²) in [7, 11) is -4.18. The van der Waals surface area contributed by atoms with Gasteiger partial charge in [0.25, 0.3) is 0 Å². The van der Waals surface area contributed by atoms with Gasteiger partial charge in [0.1, 0.15) is 4.90 Å². The van der Waals surface area contributed by atoms with E-state index in [2.05, 4.69) is 4.72 Å². The summed E-state index contributed by atoms with van der Waals surface area (Å²) in [4.78, 5) is -0.789. The zero-order valence-corrected chi connectivity index (χ0v) is 12.1. The minimum absolute atomic E-state index is 0.00438. The molecule has 0 aromatic heterocycles. The molecule has 5 nitrogen and oxygen atoms in total. The summed E-state index contributed by atoms with van der Waals surface area (Å²) < 4.78 is 58.7. The molecule has 8 heteroatoms. The second-order valence-electron chi connectivity index (χ2n) is 4.98. The van der Waals surface area contributed by atoms with E-state index in [1.807, 2.05) is 0 Å². The molecular formula is C13H17F2NO4S. The second kappa shape index (κ2) is 6.78. The molecule has 1 fully saturated rings. The summed E-state index contributed by atoms with van der Waals surface area (Å²) >= 11 is 0. The van der Waals surface area contributed by atoms with Crippen molar-refractivity contribution in [2.24, 2.45) is 5.92 Å². The fourth-order valence-corrected chi connectivity index (χ4v) is 3.43. The zero-order chi connectivity index (χ0) is 15.5. The maximum absolute atomic E-state index is 13.7. The monoisotopic (exact) mass is 321 g/mol. The van der Waals surface area contributed by atoms with E-state index in [-0.39, 0.29) is 18.0 Å². The summed E-state index contributed by atoms with van der Waals surface area (Å²) in [5, 5.41) is 8.96. The Morgan fingerprint density at radius 1 is 1.38 bits per heavy atom. The number of rotatable bonds is 5. The minimum Gasteiger partial charge on any atom is -0.392 e. The number of hydrogen-bond donors (Lipinski definition) is 2. The van der Waals surface area contributed by atoms with Gasteiger partial charge in [-0.2, -0.15) is 0 Å². The van der Waals surface area contributed by atoms with E-state index in [9.17, 15) is 17.2 Å². The molecule has 1 aliphatic heterocycles. The van der Waals surface area contributed by atoms with Crippen molar-refractivity contribution in [2.45, 2.75) is 24.3 Å². The van der Waals surface area contributed by atoms with Gasteiger partial charge >= 0.3 is 0 Å². The Morgan fingerprint density at radius 3 is 2.76 bits per heavy atom. The maximum atomic E-state index is 13.7. The zero-order valence-electron chi connectivity index (χ0n) is 11.3. The van der Waals surface area contributed by atoms with Crippen LogP contribution in [0, 0.1) is 17.6 Å². The molecule has 1 aromatic rings. The smallest absolute Gasteiger partial charge is 0.243 e. The molecule has 1 saturated heterocycles. The molecule has 1 atom stereocenters. The highest BCUT2D eigenvalue weighted by molar-refractivity contribution is 7.89. The molecule has 0 spiro atoms. The number of halogens is 2. The summed E-state index contributed by atoms with van der Waals surface area (Å²) in [5.74, 6) is -2.73. The van der Waals surface area contributed by atoms with Gasteiger partial charge in [0.2, 0.25) is 10.0 Å². The summed E-state index contributed by atoms with van der Waals surface area (Å²) in [6, 6.07) is 1.70. The summed E-state index contributed by atoms with van der Waals surface area (Å²) in [5.41, 5.74) is -0.00438. The largest absolute Gasteiger partial charge is 0.392 e. The van der Waals surface area contributed by atoms with E-state index in [1.54, 1.807) is 0 Å². The highest BCUT2D eigenvalue weighted by atomic mass is 32.2. The number of sulfonamides is 1. The van der Waals surface area contributed by atoms with Crippen LogP contribution in [0.25, 0.3) is 0 Å². The molecule has 1 aliphatic rings. The summed E-state index contributed by atoms with van der Waals surface area (Å²) in [6.45, 7) is 0.626. The molecule has 21 heavy (non-hydrogen) atoms. The molecule has 0 saturated carbocycles. The van der Waals surface area contributed by atoms with Crippen LogP contribution in [0.15, 0.2) is 17.0 Å². The first-order chi connectivity index (χ1) is 9.94. The first-order valence-electron chi connectivity index (χ1n) is 6.60. The van der Waals surface area contributed by atoms with Crippen LogP contribution < -0.4 is 4.72 Å². The van der Waals surface area contributed by atoms with E-state index in [0.29, 0.717) is 13.2 Å². The van der Waals surface area contributed by atoms with E-state index >= 15 is 0 Å². The lowest BCUT2D eigenvalue weighted by Gasteiger charge is -2.22. The Labute approximate surface area is 122 Å². The van der Waals surface area contributed by atoms with Crippen molar-refractivity contribution in [3.8, 4) is 0 Å². The van der Waals surface area contributed by atoms with E-state index in [0.717, 1.165) is 25.0 Å². The normalized spacial score (nSPS) is 19.7. The van der Waals surface area contributed by atoms with E-state index in [1.165, 1.54) is 0 Å². The SMILES string of the molecule is O=S(=O)(NCC1CCCOC1)c1cc(CO)cc(F)c1F. The molecule has 0 bridgehead atoms. The molecule has 1 aromatic carbocycles. The molecule has 2 N–H and O–H groups in total. The number of ether oxygens (including phenoxy) is 1. The fourth-order valence-electron chi connectivity index (χ4n) is 2.18. The molecule has 118 valence electrons. The number of aliphatic hydroxyl groups is 1. The number of nitrogens with one attached hydrogen (secondary N) is 1. The minimum atomic E-state index is -4.18. The van der Waals surface area contributed by atoms with Crippen molar-refractivity contribution in [3.63, 3.8) is 0 Å². The third-order valence-corrected chi connectivity index (χ3v) is 4.77. The quantitative estimate of drug-likeness (QED) is 0.853. The molecule has 2 rings (SSSR count). The number of hydrogen-bond acceptors (Lipinski definition) is 4.